The van der Waals surface area contributed by atoms with Crippen molar-refractivity contribution in [3.63, 3.8) is 0 Å². The van der Waals surface area contributed by atoms with Crippen molar-refractivity contribution in [3.05, 3.63) is 52.7 Å². The Bertz CT molecular complexity index is 1710. The van der Waals surface area contributed by atoms with Crippen LogP contribution in [0.4, 0.5) is 21.1 Å². The summed E-state index contributed by atoms with van der Waals surface area (Å²) in [5, 5.41) is 24.9. The number of carbonyl (C=O) groups is 2. The van der Waals surface area contributed by atoms with E-state index in [1.807, 2.05) is 51.1 Å². The Morgan fingerprint density at radius 3 is 2.57 bits per heavy atom. The van der Waals surface area contributed by atoms with E-state index < -0.39 is 29.4 Å². The first-order valence-corrected chi connectivity index (χ1v) is 16.4. The van der Waals surface area contributed by atoms with E-state index in [1.54, 1.807) is 0 Å². The molecule has 2 fully saturated rings. The van der Waals surface area contributed by atoms with Gasteiger partial charge in [0.2, 0.25) is 0 Å². The number of anilines is 2. The molecule has 3 aliphatic rings. The molecule has 12 nitrogen and oxygen atoms in total. The Balaban J connectivity index is 1.32. The molecule has 248 valence electrons. The molecule has 1 aromatic heterocycles. The molecule has 0 spiro atoms. The van der Waals surface area contributed by atoms with Gasteiger partial charge < -0.3 is 34.6 Å². The average molecular weight is 662 g/mol. The largest absolute Gasteiger partial charge is 0.465 e. The fourth-order valence-electron chi connectivity index (χ4n) is 6.67. The van der Waals surface area contributed by atoms with Gasteiger partial charge in [0.1, 0.15) is 18.0 Å². The highest BCUT2D eigenvalue weighted by molar-refractivity contribution is 6.36. The highest BCUT2D eigenvalue weighted by atomic mass is 35.5. The van der Waals surface area contributed by atoms with Crippen LogP contribution in [0.2, 0.25) is 5.02 Å². The predicted octanol–water partition coefficient (Wildman–Crippen LogP) is 5.75. The number of benzene rings is 2. The second kappa shape index (κ2) is 13.0. The molecule has 2 amide bonds. The SMILES string of the molecule is CC(C)(C)OC(=O)NC1(COc2nc3c(c(N4CCN(C(=O)O)C(CC#N)C4)n2)CCN(c2cccc4cccc(Cl)c24)C3)CCC1. The monoisotopic (exact) mass is 661 g/mol. The number of carbonyl (C=O) groups excluding carboxylic acids is 1. The molecule has 3 aromatic rings. The molecule has 6 rings (SSSR count). The summed E-state index contributed by atoms with van der Waals surface area (Å²) in [4.78, 5) is 40.0. The Hall–Kier alpha value is -4.50. The van der Waals surface area contributed by atoms with Crippen molar-refractivity contribution in [2.24, 2.45) is 0 Å². The Morgan fingerprint density at radius 1 is 1.13 bits per heavy atom. The van der Waals surface area contributed by atoms with Crippen LogP contribution in [-0.4, -0.2) is 82.1 Å². The van der Waals surface area contributed by atoms with Gasteiger partial charge >= 0.3 is 18.2 Å². The van der Waals surface area contributed by atoms with Gasteiger partial charge in [-0.05, 0) is 64.0 Å². The van der Waals surface area contributed by atoms with Crippen LogP contribution in [0.15, 0.2) is 36.4 Å². The number of ether oxygens (including phenoxy) is 2. The van der Waals surface area contributed by atoms with Crippen molar-refractivity contribution >= 4 is 46.1 Å². The number of amides is 2. The number of alkyl carbamates (subject to hydrolysis) is 1. The smallest absolute Gasteiger partial charge is 0.408 e. The second-order valence-corrected chi connectivity index (χ2v) is 13.9. The van der Waals surface area contributed by atoms with E-state index in [1.165, 1.54) is 4.90 Å². The van der Waals surface area contributed by atoms with E-state index in [-0.39, 0.29) is 25.6 Å². The molecule has 2 aromatic carbocycles. The number of carboxylic acid groups (broad SMARTS) is 1. The normalized spacial score (nSPS) is 19.0. The molecule has 0 radical (unpaired) electrons. The lowest BCUT2D eigenvalue weighted by atomic mass is 9.77. The van der Waals surface area contributed by atoms with Crippen LogP contribution in [-0.2, 0) is 17.7 Å². The summed E-state index contributed by atoms with van der Waals surface area (Å²) in [6.45, 7) is 7.84. The van der Waals surface area contributed by atoms with Gasteiger partial charge in [-0.3, -0.25) is 0 Å². The number of nitriles is 1. The number of nitrogens with one attached hydrogen (secondary N) is 1. The Morgan fingerprint density at radius 2 is 1.89 bits per heavy atom. The number of fused-ring (bicyclic) bond motifs is 2. The molecule has 2 aliphatic heterocycles. The van der Waals surface area contributed by atoms with Gasteiger partial charge in [0.05, 0.1) is 41.3 Å². The van der Waals surface area contributed by atoms with Gasteiger partial charge in [-0.15, -0.1) is 0 Å². The Labute approximate surface area is 279 Å². The van der Waals surface area contributed by atoms with Gasteiger partial charge in [-0.1, -0.05) is 35.9 Å². The molecule has 13 heteroatoms. The number of nitrogens with zero attached hydrogens (tertiary/aromatic N) is 6. The van der Waals surface area contributed by atoms with Crippen molar-refractivity contribution in [3.8, 4) is 12.1 Å². The third-order valence-corrected chi connectivity index (χ3v) is 9.42. The molecule has 1 saturated carbocycles. The van der Waals surface area contributed by atoms with Crippen molar-refractivity contribution in [2.45, 2.75) is 76.6 Å². The lowest BCUT2D eigenvalue weighted by Crippen LogP contribution is -2.58. The minimum atomic E-state index is -1.04. The molecule has 2 N–H and O–H groups in total. The molecular weight excluding hydrogens is 622 g/mol. The van der Waals surface area contributed by atoms with Crippen LogP contribution in [0.25, 0.3) is 10.8 Å². The zero-order valence-corrected chi connectivity index (χ0v) is 27.7. The first kappa shape index (κ1) is 32.4. The van der Waals surface area contributed by atoms with E-state index in [9.17, 15) is 20.0 Å². The first-order chi connectivity index (χ1) is 22.4. The number of rotatable bonds is 7. The van der Waals surface area contributed by atoms with E-state index in [0.29, 0.717) is 43.4 Å². The van der Waals surface area contributed by atoms with Crippen molar-refractivity contribution in [1.29, 1.82) is 5.26 Å². The topological polar surface area (TPSA) is 144 Å². The first-order valence-electron chi connectivity index (χ1n) is 16.0. The third-order valence-electron chi connectivity index (χ3n) is 9.10. The summed E-state index contributed by atoms with van der Waals surface area (Å²) in [6.07, 6.45) is 1.64. The second-order valence-electron chi connectivity index (χ2n) is 13.5. The van der Waals surface area contributed by atoms with E-state index in [2.05, 4.69) is 27.3 Å². The quantitative estimate of drug-likeness (QED) is 0.321. The lowest BCUT2D eigenvalue weighted by molar-refractivity contribution is 0.0284. The fraction of sp³-hybridized carbons (Fsp3) is 0.500. The van der Waals surface area contributed by atoms with Crippen molar-refractivity contribution < 1.29 is 24.2 Å². The number of halogens is 1. The van der Waals surface area contributed by atoms with Gasteiger partial charge in [0.25, 0.3) is 0 Å². The van der Waals surface area contributed by atoms with Gasteiger partial charge in [0.15, 0.2) is 0 Å². The maximum Gasteiger partial charge on any atom is 0.408 e. The molecule has 3 heterocycles. The molecule has 1 unspecified atom stereocenters. The Kier molecular flexibility index (Phi) is 8.94. The highest BCUT2D eigenvalue weighted by Crippen LogP contribution is 2.38. The molecule has 1 atom stereocenters. The maximum atomic E-state index is 12.7. The van der Waals surface area contributed by atoms with Crippen LogP contribution in [0.5, 0.6) is 6.01 Å². The number of aromatic nitrogens is 2. The molecule has 1 saturated heterocycles. The van der Waals surface area contributed by atoms with E-state index >= 15 is 0 Å². The standard InChI is InChI=1S/C34H40ClN7O5/c1-33(2,3)47-31(43)39-34(13-6-14-34)21-46-30-37-26-20-40(27-10-5-8-22-7-4-9-25(35)28(22)27)16-12-24(26)29(38-30)41-17-18-42(32(44)45)23(19-41)11-15-36/h4-5,7-10,23H,6,11-14,16-21H2,1-3H3,(H,39,43)(H,44,45). The molecular formula is C34H40ClN7O5. The average Bonchev–Trinajstić information content (AvgIpc) is 3.00. The van der Waals surface area contributed by atoms with Gasteiger partial charge in [0, 0.05) is 42.8 Å². The zero-order valence-electron chi connectivity index (χ0n) is 27.0. The fourth-order valence-corrected chi connectivity index (χ4v) is 6.95. The van der Waals surface area contributed by atoms with Crippen LogP contribution in [0.3, 0.4) is 0 Å². The van der Waals surface area contributed by atoms with Crippen LogP contribution < -0.4 is 19.9 Å². The minimum absolute atomic E-state index is 0.0773. The van der Waals surface area contributed by atoms with Crippen LogP contribution >= 0.6 is 11.6 Å². The predicted molar refractivity (Wildman–Crippen MR) is 178 cm³/mol. The van der Waals surface area contributed by atoms with Crippen molar-refractivity contribution in [2.75, 3.05) is 42.6 Å². The van der Waals surface area contributed by atoms with Crippen LogP contribution in [0.1, 0.15) is 57.7 Å². The van der Waals surface area contributed by atoms with Gasteiger partial charge in [-0.2, -0.15) is 15.2 Å². The lowest BCUT2D eigenvalue weighted by Gasteiger charge is -2.42. The van der Waals surface area contributed by atoms with E-state index in [0.717, 1.165) is 47.0 Å². The van der Waals surface area contributed by atoms with Gasteiger partial charge in [-0.25, -0.2) is 9.59 Å². The summed E-state index contributed by atoms with van der Waals surface area (Å²) in [5.74, 6) is 0.691. The van der Waals surface area contributed by atoms with Crippen LogP contribution in [0, 0.1) is 11.3 Å². The summed E-state index contributed by atoms with van der Waals surface area (Å²) < 4.78 is 11.8. The zero-order chi connectivity index (χ0) is 33.3. The molecule has 0 bridgehead atoms. The molecule has 1 aliphatic carbocycles. The minimum Gasteiger partial charge on any atom is -0.465 e. The summed E-state index contributed by atoms with van der Waals surface area (Å²) in [6, 6.07) is 13.9. The summed E-state index contributed by atoms with van der Waals surface area (Å²) in [5.41, 5.74) is 1.59. The summed E-state index contributed by atoms with van der Waals surface area (Å²) in [7, 11) is 0. The van der Waals surface area contributed by atoms with Crippen molar-refractivity contribution in [1.82, 2.24) is 20.2 Å². The number of piperazine rings is 1. The molecule has 47 heavy (non-hydrogen) atoms. The maximum absolute atomic E-state index is 12.7. The third kappa shape index (κ3) is 6.95. The highest BCUT2D eigenvalue weighted by Gasteiger charge is 2.41. The number of hydrogen-bond donors (Lipinski definition) is 2. The number of hydrogen-bond acceptors (Lipinski definition) is 9. The van der Waals surface area contributed by atoms with E-state index in [4.69, 9.17) is 31.0 Å². The summed E-state index contributed by atoms with van der Waals surface area (Å²) >= 11 is 6.70.